The van der Waals surface area contributed by atoms with Crippen LogP contribution in [-0.4, -0.2) is 45.8 Å². The highest BCUT2D eigenvalue weighted by Crippen LogP contribution is 2.09. The van der Waals surface area contributed by atoms with Crippen molar-refractivity contribution in [3.63, 3.8) is 0 Å². The van der Waals surface area contributed by atoms with E-state index in [4.69, 9.17) is 5.11 Å². The molecular formula is C8H12N4O3S. The number of carbonyl (C=O) groups excluding carboxylic acids is 1. The molecule has 0 saturated heterocycles. The second kappa shape index (κ2) is 5.40. The summed E-state index contributed by atoms with van der Waals surface area (Å²) in [7, 11) is 1.52. The van der Waals surface area contributed by atoms with Crippen molar-refractivity contribution in [2.75, 3.05) is 18.9 Å². The molecular weight excluding hydrogens is 232 g/mol. The molecule has 1 atom stereocenters. The molecule has 0 bridgehead atoms. The van der Waals surface area contributed by atoms with Crippen molar-refractivity contribution in [1.29, 1.82) is 0 Å². The van der Waals surface area contributed by atoms with E-state index in [0.29, 0.717) is 5.13 Å². The van der Waals surface area contributed by atoms with E-state index in [9.17, 15) is 9.59 Å². The van der Waals surface area contributed by atoms with Crippen molar-refractivity contribution in [3.8, 4) is 0 Å². The van der Waals surface area contributed by atoms with Gasteiger partial charge >= 0.3 is 12.0 Å². The zero-order chi connectivity index (χ0) is 12.1. The van der Waals surface area contributed by atoms with Crippen LogP contribution in [0.15, 0.2) is 5.51 Å². The van der Waals surface area contributed by atoms with Gasteiger partial charge in [-0.15, -0.1) is 10.2 Å². The standard InChI is InChI=1S/C8H12N4O3S/c1-5(6(13)14)3-12(2)8(15)10-7-11-9-4-16-7/h4-5H,3H2,1-2H3,(H,13,14)(H,10,11,15). The number of nitrogens with one attached hydrogen (secondary N) is 1. The monoisotopic (exact) mass is 244 g/mol. The van der Waals surface area contributed by atoms with Crippen LogP contribution in [0.1, 0.15) is 6.92 Å². The molecule has 0 saturated carbocycles. The zero-order valence-electron chi connectivity index (χ0n) is 8.88. The minimum absolute atomic E-state index is 0.139. The molecule has 1 aromatic rings. The number of hydrogen-bond donors (Lipinski definition) is 2. The van der Waals surface area contributed by atoms with Crippen LogP contribution in [0.25, 0.3) is 0 Å². The Morgan fingerprint density at radius 3 is 2.88 bits per heavy atom. The van der Waals surface area contributed by atoms with Gasteiger partial charge in [0.05, 0.1) is 5.92 Å². The molecule has 1 heterocycles. The number of hydrogen-bond acceptors (Lipinski definition) is 5. The van der Waals surface area contributed by atoms with Crippen LogP contribution in [0.4, 0.5) is 9.93 Å². The van der Waals surface area contributed by atoms with Gasteiger partial charge in [-0.05, 0) is 0 Å². The van der Waals surface area contributed by atoms with Crippen molar-refractivity contribution < 1.29 is 14.7 Å². The second-order valence-electron chi connectivity index (χ2n) is 3.29. The van der Waals surface area contributed by atoms with Gasteiger partial charge < -0.3 is 10.0 Å². The third kappa shape index (κ3) is 3.46. The smallest absolute Gasteiger partial charge is 0.323 e. The Morgan fingerprint density at radius 2 is 2.38 bits per heavy atom. The summed E-state index contributed by atoms with van der Waals surface area (Å²) in [6, 6.07) is -0.398. The number of carboxylic acid groups (broad SMARTS) is 1. The Balaban J connectivity index is 2.45. The molecule has 0 aliphatic rings. The number of aliphatic carboxylic acids is 1. The van der Waals surface area contributed by atoms with Crippen LogP contribution >= 0.6 is 11.3 Å². The highest BCUT2D eigenvalue weighted by Gasteiger charge is 2.17. The maximum Gasteiger partial charge on any atom is 0.323 e. The Morgan fingerprint density at radius 1 is 1.69 bits per heavy atom. The molecule has 0 aliphatic heterocycles. The van der Waals surface area contributed by atoms with Gasteiger partial charge in [0.25, 0.3) is 0 Å². The molecule has 2 N–H and O–H groups in total. The largest absolute Gasteiger partial charge is 0.481 e. The van der Waals surface area contributed by atoms with Gasteiger partial charge in [0.15, 0.2) is 0 Å². The molecule has 88 valence electrons. The molecule has 16 heavy (non-hydrogen) atoms. The molecule has 7 nitrogen and oxygen atoms in total. The van der Waals surface area contributed by atoms with E-state index in [-0.39, 0.29) is 6.54 Å². The van der Waals surface area contributed by atoms with E-state index in [1.54, 1.807) is 0 Å². The van der Waals surface area contributed by atoms with Crippen LogP contribution in [0.2, 0.25) is 0 Å². The van der Waals surface area contributed by atoms with Gasteiger partial charge in [0.2, 0.25) is 5.13 Å². The summed E-state index contributed by atoms with van der Waals surface area (Å²) >= 11 is 1.20. The summed E-state index contributed by atoms with van der Waals surface area (Å²) < 4.78 is 0. The van der Waals surface area contributed by atoms with Crippen molar-refractivity contribution >= 4 is 28.5 Å². The highest BCUT2D eigenvalue weighted by atomic mass is 32.1. The Hall–Kier alpha value is -1.70. The summed E-state index contributed by atoms with van der Waals surface area (Å²) in [6.45, 7) is 1.68. The molecule has 0 radical (unpaired) electrons. The van der Waals surface area contributed by atoms with E-state index in [1.807, 2.05) is 0 Å². The van der Waals surface area contributed by atoms with E-state index in [1.165, 1.54) is 35.7 Å². The molecule has 8 heteroatoms. The number of carbonyl (C=O) groups is 2. The molecule has 0 spiro atoms. The average molecular weight is 244 g/mol. The number of amides is 2. The minimum atomic E-state index is -0.935. The van der Waals surface area contributed by atoms with Crippen LogP contribution in [0.3, 0.4) is 0 Å². The van der Waals surface area contributed by atoms with Crippen LogP contribution in [0.5, 0.6) is 0 Å². The number of nitrogens with zero attached hydrogens (tertiary/aromatic N) is 3. The lowest BCUT2D eigenvalue weighted by Crippen LogP contribution is -2.36. The number of carboxylic acids is 1. The number of rotatable bonds is 4. The maximum atomic E-state index is 11.5. The first-order valence-electron chi connectivity index (χ1n) is 4.51. The van der Waals surface area contributed by atoms with E-state index < -0.39 is 17.9 Å². The van der Waals surface area contributed by atoms with Crippen LogP contribution in [0, 0.1) is 5.92 Å². The van der Waals surface area contributed by atoms with Gasteiger partial charge in [0.1, 0.15) is 5.51 Å². The zero-order valence-corrected chi connectivity index (χ0v) is 9.69. The minimum Gasteiger partial charge on any atom is -0.481 e. The lowest BCUT2D eigenvalue weighted by atomic mass is 10.2. The van der Waals surface area contributed by atoms with Crippen molar-refractivity contribution in [2.24, 2.45) is 5.92 Å². The summed E-state index contributed by atoms with van der Waals surface area (Å²) in [5, 5.41) is 18.8. The molecule has 0 aromatic carbocycles. The molecule has 0 fully saturated rings. The van der Waals surface area contributed by atoms with Gasteiger partial charge in [0, 0.05) is 13.6 Å². The fourth-order valence-electron chi connectivity index (χ4n) is 0.986. The van der Waals surface area contributed by atoms with E-state index in [2.05, 4.69) is 15.5 Å². The Kier molecular flexibility index (Phi) is 4.18. The maximum absolute atomic E-state index is 11.5. The van der Waals surface area contributed by atoms with Gasteiger partial charge in [-0.1, -0.05) is 18.3 Å². The molecule has 1 unspecified atom stereocenters. The lowest BCUT2D eigenvalue weighted by Gasteiger charge is -2.18. The van der Waals surface area contributed by atoms with Gasteiger partial charge in [-0.2, -0.15) is 0 Å². The molecule has 0 aliphatic carbocycles. The SMILES string of the molecule is CC(CN(C)C(=O)Nc1nncs1)C(=O)O. The van der Waals surface area contributed by atoms with Crippen LogP contribution < -0.4 is 5.32 Å². The van der Waals surface area contributed by atoms with E-state index in [0.717, 1.165) is 0 Å². The first-order valence-corrected chi connectivity index (χ1v) is 5.39. The Labute approximate surface area is 96.1 Å². The molecule has 2 amide bonds. The fourth-order valence-corrected chi connectivity index (χ4v) is 1.42. The molecule has 1 aromatic heterocycles. The summed E-state index contributed by atoms with van der Waals surface area (Å²) in [6.07, 6.45) is 0. The summed E-state index contributed by atoms with van der Waals surface area (Å²) in [5.74, 6) is -1.54. The van der Waals surface area contributed by atoms with Gasteiger partial charge in [-0.25, -0.2) is 4.79 Å². The molecule has 1 rings (SSSR count). The first kappa shape index (κ1) is 12.4. The van der Waals surface area contributed by atoms with Crippen molar-refractivity contribution in [3.05, 3.63) is 5.51 Å². The predicted molar refractivity (Wildman–Crippen MR) is 58.4 cm³/mol. The quantitative estimate of drug-likeness (QED) is 0.813. The highest BCUT2D eigenvalue weighted by molar-refractivity contribution is 7.13. The Bertz CT molecular complexity index is 367. The number of aromatic nitrogens is 2. The normalized spacial score (nSPS) is 11.9. The predicted octanol–water partition coefficient (Wildman–Crippen LogP) is 0.722. The number of urea groups is 1. The second-order valence-corrected chi connectivity index (χ2v) is 4.13. The first-order chi connectivity index (χ1) is 7.50. The third-order valence-electron chi connectivity index (χ3n) is 1.89. The van der Waals surface area contributed by atoms with Crippen LogP contribution in [-0.2, 0) is 4.79 Å². The third-order valence-corrected chi connectivity index (χ3v) is 2.50. The summed E-state index contributed by atoms with van der Waals surface area (Å²) in [4.78, 5) is 23.4. The topological polar surface area (TPSA) is 95.4 Å². The van der Waals surface area contributed by atoms with E-state index >= 15 is 0 Å². The fraction of sp³-hybridized carbons (Fsp3) is 0.500. The average Bonchev–Trinajstić information content (AvgIpc) is 2.69. The lowest BCUT2D eigenvalue weighted by molar-refractivity contribution is -0.141. The van der Waals surface area contributed by atoms with Crippen molar-refractivity contribution in [1.82, 2.24) is 15.1 Å². The summed E-state index contributed by atoms with van der Waals surface area (Å²) in [5.41, 5.74) is 1.50. The van der Waals surface area contributed by atoms with Crippen molar-refractivity contribution in [2.45, 2.75) is 6.92 Å². The number of anilines is 1. The van der Waals surface area contributed by atoms with Gasteiger partial charge in [-0.3, -0.25) is 10.1 Å².